The lowest BCUT2D eigenvalue weighted by molar-refractivity contribution is -0.129. The van der Waals surface area contributed by atoms with Gasteiger partial charge in [0.25, 0.3) is 0 Å². The summed E-state index contributed by atoms with van der Waals surface area (Å²) in [4.78, 5) is 22.6. The number of amides is 2. The van der Waals surface area contributed by atoms with E-state index in [4.69, 9.17) is 0 Å². The molecule has 0 saturated carbocycles. The predicted octanol–water partition coefficient (Wildman–Crippen LogP) is 1.83. The zero-order valence-corrected chi connectivity index (χ0v) is 11.2. The number of nitrogens with zero attached hydrogens (tertiary/aromatic N) is 2. The molecule has 0 aromatic heterocycles. The van der Waals surface area contributed by atoms with Gasteiger partial charge in [-0.25, -0.2) is 9.40 Å². The molecule has 100 valence electrons. The third kappa shape index (κ3) is 3.11. The number of carbonyl (C=O) groups is 2. The van der Waals surface area contributed by atoms with E-state index in [0.29, 0.717) is 5.17 Å². The van der Waals surface area contributed by atoms with Gasteiger partial charge in [0.15, 0.2) is 5.17 Å². The Kier molecular flexibility index (Phi) is 3.84. The number of hydrazone groups is 1. The summed E-state index contributed by atoms with van der Waals surface area (Å²) in [5.41, 5.74) is 0.741. The number of hydrogen-bond acceptors (Lipinski definition) is 4. The minimum Gasteiger partial charge on any atom is -0.304 e. The number of thioether (sulfide) groups is 1. The van der Waals surface area contributed by atoms with Crippen LogP contribution in [-0.2, 0) is 9.59 Å². The van der Waals surface area contributed by atoms with Gasteiger partial charge in [0.05, 0.1) is 0 Å². The Morgan fingerprint density at radius 3 is 2.47 bits per heavy atom. The Bertz CT molecular complexity index is 544. The monoisotopic (exact) mass is 281 g/mol. The molecule has 5 nitrogen and oxygen atoms in total. The quantitative estimate of drug-likeness (QED) is 0.854. The van der Waals surface area contributed by atoms with E-state index in [2.05, 4.69) is 10.4 Å². The molecule has 1 aliphatic rings. The van der Waals surface area contributed by atoms with Crippen molar-refractivity contribution in [3.63, 3.8) is 0 Å². The third-order valence-electron chi connectivity index (χ3n) is 2.40. The van der Waals surface area contributed by atoms with Gasteiger partial charge in [0.2, 0.25) is 11.8 Å². The minimum absolute atomic E-state index is 0.248. The first-order chi connectivity index (χ1) is 8.97. The molecule has 1 aromatic rings. The average molecular weight is 281 g/mol. The van der Waals surface area contributed by atoms with Gasteiger partial charge < -0.3 is 5.32 Å². The summed E-state index contributed by atoms with van der Waals surface area (Å²) >= 11 is 1.24. The number of carbonyl (C=O) groups excluding carboxylic acids is 2. The second-order valence-corrected chi connectivity index (χ2v) is 5.04. The lowest BCUT2D eigenvalue weighted by atomic mass is 10.2. The molecule has 0 bridgehead atoms. The van der Waals surface area contributed by atoms with E-state index in [-0.39, 0.29) is 23.0 Å². The number of halogens is 1. The van der Waals surface area contributed by atoms with E-state index in [1.54, 1.807) is 12.1 Å². The summed E-state index contributed by atoms with van der Waals surface area (Å²) in [6, 6.07) is 5.83. The summed E-state index contributed by atoms with van der Waals surface area (Å²) < 4.78 is 12.9. The molecular weight excluding hydrogens is 269 g/mol. The molecule has 1 atom stereocenters. The zero-order valence-electron chi connectivity index (χ0n) is 10.4. The van der Waals surface area contributed by atoms with E-state index in [1.807, 2.05) is 0 Å². The SMILES string of the molecule is CC(=O)NC1=NN(C(C)=O)[C@@H](c2ccc(F)cc2)S1. The van der Waals surface area contributed by atoms with Crippen molar-refractivity contribution in [3.05, 3.63) is 35.6 Å². The average Bonchev–Trinajstić information content (AvgIpc) is 2.73. The fraction of sp³-hybridized carbons (Fsp3) is 0.250. The molecule has 1 heterocycles. The van der Waals surface area contributed by atoms with Crippen LogP contribution in [0.25, 0.3) is 0 Å². The van der Waals surface area contributed by atoms with Crippen LogP contribution in [0.5, 0.6) is 0 Å². The van der Waals surface area contributed by atoms with Gasteiger partial charge in [-0.1, -0.05) is 23.9 Å². The Morgan fingerprint density at radius 2 is 1.95 bits per heavy atom. The molecule has 2 rings (SSSR count). The second-order valence-electron chi connectivity index (χ2n) is 3.97. The van der Waals surface area contributed by atoms with Crippen LogP contribution >= 0.6 is 11.8 Å². The van der Waals surface area contributed by atoms with Gasteiger partial charge in [-0.3, -0.25) is 9.59 Å². The zero-order chi connectivity index (χ0) is 14.0. The molecule has 0 aliphatic carbocycles. The predicted molar refractivity (Wildman–Crippen MR) is 70.5 cm³/mol. The van der Waals surface area contributed by atoms with Crippen LogP contribution < -0.4 is 5.32 Å². The van der Waals surface area contributed by atoms with Crippen LogP contribution in [0.4, 0.5) is 4.39 Å². The van der Waals surface area contributed by atoms with Crippen molar-refractivity contribution in [3.8, 4) is 0 Å². The van der Waals surface area contributed by atoms with Crippen LogP contribution in [0.1, 0.15) is 24.8 Å². The maximum Gasteiger partial charge on any atom is 0.241 e. The number of benzene rings is 1. The van der Waals surface area contributed by atoms with Crippen molar-refractivity contribution in [1.82, 2.24) is 10.3 Å². The molecule has 0 unspecified atom stereocenters. The van der Waals surface area contributed by atoms with Crippen LogP contribution in [0.3, 0.4) is 0 Å². The lowest BCUT2D eigenvalue weighted by Gasteiger charge is -2.18. The highest BCUT2D eigenvalue weighted by atomic mass is 32.2. The fourth-order valence-corrected chi connectivity index (χ4v) is 2.74. The van der Waals surface area contributed by atoms with Crippen molar-refractivity contribution in [2.24, 2.45) is 5.10 Å². The molecule has 2 amide bonds. The smallest absolute Gasteiger partial charge is 0.241 e. The number of hydrogen-bond donors (Lipinski definition) is 1. The summed E-state index contributed by atoms with van der Waals surface area (Å²) in [6.07, 6.45) is 0. The maximum atomic E-state index is 12.9. The van der Waals surface area contributed by atoms with Gasteiger partial charge in [-0.2, -0.15) is 0 Å². The first kappa shape index (κ1) is 13.5. The van der Waals surface area contributed by atoms with Gasteiger partial charge >= 0.3 is 0 Å². The Morgan fingerprint density at radius 1 is 1.32 bits per heavy atom. The van der Waals surface area contributed by atoms with Crippen LogP contribution in [0, 0.1) is 5.82 Å². The summed E-state index contributed by atoms with van der Waals surface area (Å²) in [6.45, 7) is 2.75. The van der Waals surface area contributed by atoms with E-state index in [0.717, 1.165) is 5.56 Å². The largest absolute Gasteiger partial charge is 0.304 e. The number of rotatable bonds is 1. The first-order valence-electron chi connectivity index (χ1n) is 5.55. The summed E-state index contributed by atoms with van der Waals surface area (Å²) in [5, 5.41) is 7.83. The number of amidine groups is 1. The third-order valence-corrected chi connectivity index (χ3v) is 3.51. The highest BCUT2D eigenvalue weighted by molar-refractivity contribution is 8.14. The van der Waals surface area contributed by atoms with Crippen LogP contribution in [0.15, 0.2) is 29.4 Å². The molecule has 1 aliphatic heterocycles. The van der Waals surface area contributed by atoms with E-state index in [9.17, 15) is 14.0 Å². The molecule has 0 spiro atoms. The molecule has 0 saturated heterocycles. The highest BCUT2D eigenvalue weighted by Gasteiger charge is 2.32. The van der Waals surface area contributed by atoms with E-state index in [1.165, 1.54) is 42.8 Å². The number of nitrogens with one attached hydrogen (secondary N) is 1. The van der Waals surface area contributed by atoms with Gasteiger partial charge in [0, 0.05) is 13.8 Å². The normalized spacial score (nSPS) is 18.2. The topological polar surface area (TPSA) is 61.8 Å². The molecule has 19 heavy (non-hydrogen) atoms. The Labute approximate surface area is 113 Å². The lowest BCUT2D eigenvalue weighted by Crippen LogP contribution is -2.25. The van der Waals surface area contributed by atoms with Crippen molar-refractivity contribution < 1.29 is 14.0 Å². The van der Waals surface area contributed by atoms with Crippen LogP contribution in [-0.4, -0.2) is 22.0 Å². The molecule has 0 radical (unpaired) electrons. The Hall–Kier alpha value is -1.89. The standard InChI is InChI=1S/C12H12FN3O2S/c1-7(17)14-12-15-16(8(2)18)11(19-12)9-3-5-10(13)6-4-9/h3-6,11H,1-2H3,(H,14,15,17)/t11-/m1/s1. The van der Waals surface area contributed by atoms with Gasteiger partial charge in [0.1, 0.15) is 11.2 Å². The van der Waals surface area contributed by atoms with Crippen LogP contribution in [0.2, 0.25) is 0 Å². The van der Waals surface area contributed by atoms with Crippen molar-refractivity contribution in [2.75, 3.05) is 0 Å². The van der Waals surface area contributed by atoms with Gasteiger partial charge in [-0.05, 0) is 17.7 Å². The van der Waals surface area contributed by atoms with Gasteiger partial charge in [-0.15, -0.1) is 5.10 Å². The fourth-order valence-electron chi connectivity index (χ4n) is 1.61. The minimum atomic E-state index is -0.389. The highest BCUT2D eigenvalue weighted by Crippen LogP contribution is 2.38. The maximum absolute atomic E-state index is 12.9. The molecule has 0 fully saturated rings. The van der Waals surface area contributed by atoms with Crippen molar-refractivity contribution in [1.29, 1.82) is 0 Å². The molecular formula is C12H12FN3O2S. The molecule has 7 heteroatoms. The molecule has 1 N–H and O–H groups in total. The van der Waals surface area contributed by atoms with E-state index >= 15 is 0 Å². The van der Waals surface area contributed by atoms with E-state index < -0.39 is 0 Å². The van der Waals surface area contributed by atoms with Crippen molar-refractivity contribution in [2.45, 2.75) is 19.2 Å². The molecule has 1 aromatic carbocycles. The summed E-state index contributed by atoms with van der Waals surface area (Å²) in [7, 11) is 0. The first-order valence-corrected chi connectivity index (χ1v) is 6.43. The second kappa shape index (κ2) is 5.40. The summed E-state index contributed by atoms with van der Waals surface area (Å²) in [5.74, 6) is -0.846. The van der Waals surface area contributed by atoms with Crippen molar-refractivity contribution >= 4 is 28.7 Å². The Balaban J connectivity index is 2.24.